The van der Waals surface area contributed by atoms with E-state index >= 15 is 0 Å². The van der Waals surface area contributed by atoms with Gasteiger partial charge >= 0.3 is 0 Å². The first-order valence-corrected chi connectivity index (χ1v) is 7.94. The zero-order valence-electron chi connectivity index (χ0n) is 13.5. The highest BCUT2D eigenvalue weighted by Gasteiger charge is 2.34. The highest BCUT2D eigenvalue weighted by molar-refractivity contribution is 4.84. The van der Waals surface area contributed by atoms with E-state index in [0.29, 0.717) is 5.41 Å². The summed E-state index contributed by atoms with van der Waals surface area (Å²) < 4.78 is 0. The van der Waals surface area contributed by atoms with Gasteiger partial charge in [-0.3, -0.25) is 0 Å². The van der Waals surface area contributed by atoms with Crippen molar-refractivity contribution in [3.8, 4) is 0 Å². The van der Waals surface area contributed by atoms with E-state index in [4.69, 9.17) is 0 Å². The first-order valence-electron chi connectivity index (χ1n) is 7.94. The topological polar surface area (TPSA) is 0 Å². The summed E-state index contributed by atoms with van der Waals surface area (Å²) in [6.07, 6.45) is 8.15. The van der Waals surface area contributed by atoms with Crippen molar-refractivity contribution in [2.75, 3.05) is 0 Å². The molecule has 0 nitrogen and oxygen atoms in total. The number of hydrogen-bond donors (Lipinski definition) is 0. The van der Waals surface area contributed by atoms with Gasteiger partial charge in [0.15, 0.2) is 0 Å². The van der Waals surface area contributed by atoms with Gasteiger partial charge in [0.05, 0.1) is 0 Å². The van der Waals surface area contributed by atoms with E-state index in [2.05, 4.69) is 48.5 Å². The highest BCUT2D eigenvalue weighted by atomic mass is 14.4. The van der Waals surface area contributed by atoms with Crippen LogP contribution in [0.25, 0.3) is 0 Å². The molecule has 0 aliphatic rings. The third-order valence-electron chi connectivity index (χ3n) is 4.98. The molecular formula is C17H36. The van der Waals surface area contributed by atoms with Crippen molar-refractivity contribution in [1.29, 1.82) is 0 Å². The van der Waals surface area contributed by atoms with Crippen LogP contribution in [-0.2, 0) is 0 Å². The molecule has 0 amide bonds. The van der Waals surface area contributed by atoms with Crippen LogP contribution in [0.4, 0.5) is 0 Å². The normalized spacial score (nSPS) is 17.8. The molecule has 0 rings (SSSR count). The summed E-state index contributed by atoms with van der Waals surface area (Å²) in [6, 6.07) is 0. The average molecular weight is 240 g/mol. The van der Waals surface area contributed by atoms with Crippen LogP contribution < -0.4 is 0 Å². The molecule has 0 fully saturated rings. The molecule has 0 saturated carbocycles. The van der Waals surface area contributed by atoms with Crippen LogP contribution >= 0.6 is 0 Å². The van der Waals surface area contributed by atoms with Gasteiger partial charge < -0.3 is 0 Å². The van der Waals surface area contributed by atoms with Crippen LogP contribution in [-0.4, -0.2) is 0 Å². The summed E-state index contributed by atoms with van der Waals surface area (Å²) in [5.41, 5.74) is 0.513. The van der Waals surface area contributed by atoms with Gasteiger partial charge in [-0.1, -0.05) is 80.6 Å². The first-order chi connectivity index (χ1) is 7.94. The van der Waals surface area contributed by atoms with Crippen molar-refractivity contribution < 1.29 is 0 Å². The molecule has 0 aliphatic carbocycles. The summed E-state index contributed by atoms with van der Waals surface area (Å²) in [6.45, 7) is 16.9. The average Bonchev–Trinajstić information content (AvgIpc) is 2.29. The lowest BCUT2D eigenvalue weighted by Crippen LogP contribution is -2.33. The van der Waals surface area contributed by atoms with E-state index in [1.54, 1.807) is 0 Å². The lowest BCUT2D eigenvalue weighted by atomic mass is 9.64. The van der Waals surface area contributed by atoms with E-state index in [1.165, 1.54) is 38.5 Å². The Morgan fingerprint density at radius 3 is 1.76 bits per heavy atom. The van der Waals surface area contributed by atoms with Crippen molar-refractivity contribution in [3.05, 3.63) is 0 Å². The molecule has 0 bridgehead atoms. The molecule has 104 valence electrons. The summed E-state index contributed by atoms with van der Waals surface area (Å²) >= 11 is 0. The highest BCUT2D eigenvalue weighted by Crippen LogP contribution is 2.43. The van der Waals surface area contributed by atoms with E-state index in [1.807, 2.05) is 0 Å². The van der Waals surface area contributed by atoms with Crippen LogP contribution in [0.1, 0.15) is 87.0 Å². The molecule has 3 unspecified atom stereocenters. The Hall–Kier alpha value is 0. The van der Waals surface area contributed by atoms with Gasteiger partial charge in [-0.15, -0.1) is 0 Å². The Kier molecular flexibility index (Phi) is 8.16. The van der Waals surface area contributed by atoms with E-state index < -0.39 is 0 Å². The second-order valence-corrected chi connectivity index (χ2v) is 6.58. The SMILES string of the molecule is CCCC(C)C(CC)C(CCC)C(C)(C)CC. The second-order valence-electron chi connectivity index (χ2n) is 6.58. The van der Waals surface area contributed by atoms with E-state index in [-0.39, 0.29) is 0 Å². The minimum atomic E-state index is 0.513. The lowest BCUT2D eigenvalue weighted by molar-refractivity contribution is 0.0802. The quantitative estimate of drug-likeness (QED) is 0.443. The molecule has 0 N–H and O–H groups in total. The molecule has 0 aromatic rings. The summed E-state index contributed by atoms with van der Waals surface area (Å²) in [4.78, 5) is 0. The molecule has 0 aliphatic heterocycles. The van der Waals surface area contributed by atoms with E-state index in [9.17, 15) is 0 Å². The van der Waals surface area contributed by atoms with Gasteiger partial charge in [-0.2, -0.15) is 0 Å². The van der Waals surface area contributed by atoms with Crippen LogP contribution in [0.3, 0.4) is 0 Å². The largest absolute Gasteiger partial charge is 0.0654 e. The summed E-state index contributed by atoms with van der Waals surface area (Å²) in [7, 11) is 0. The molecule has 0 heterocycles. The predicted octanol–water partition coefficient (Wildman–Crippen LogP) is 6.30. The van der Waals surface area contributed by atoms with Gasteiger partial charge in [-0.25, -0.2) is 0 Å². The van der Waals surface area contributed by atoms with Gasteiger partial charge in [0, 0.05) is 0 Å². The zero-order chi connectivity index (χ0) is 13.5. The minimum Gasteiger partial charge on any atom is -0.0654 e. The van der Waals surface area contributed by atoms with Crippen LogP contribution in [0.5, 0.6) is 0 Å². The molecule has 17 heavy (non-hydrogen) atoms. The minimum absolute atomic E-state index is 0.513. The number of hydrogen-bond acceptors (Lipinski definition) is 0. The summed E-state index contributed by atoms with van der Waals surface area (Å²) in [5.74, 6) is 2.72. The van der Waals surface area contributed by atoms with Gasteiger partial charge in [0.25, 0.3) is 0 Å². The van der Waals surface area contributed by atoms with Crippen LogP contribution in [0.2, 0.25) is 0 Å². The third kappa shape index (κ3) is 5.02. The molecule has 0 saturated heterocycles. The van der Waals surface area contributed by atoms with Crippen molar-refractivity contribution in [3.63, 3.8) is 0 Å². The molecule has 0 spiro atoms. The van der Waals surface area contributed by atoms with Crippen LogP contribution in [0, 0.1) is 23.2 Å². The first kappa shape index (κ1) is 17.0. The fourth-order valence-corrected chi connectivity index (χ4v) is 3.51. The standard InChI is InChI=1S/C17H36/c1-8-12-14(5)15(10-3)16(13-9-2)17(6,7)11-4/h14-16H,8-13H2,1-7H3. The Balaban J connectivity index is 4.85. The second kappa shape index (κ2) is 8.16. The smallest absolute Gasteiger partial charge is 0.0326 e. The maximum absolute atomic E-state index is 2.48. The lowest BCUT2D eigenvalue weighted by Gasteiger charge is -2.42. The maximum atomic E-state index is 2.48. The number of rotatable bonds is 9. The van der Waals surface area contributed by atoms with Crippen molar-refractivity contribution >= 4 is 0 Å². The van der Waals surface area contributed by atoms with Gasteiger partial charge in [-0.05, 0) is 29.6 Å². The molecule has 0 radical (unpaired) electrons. The fraction of sp³-hybridized carbons (Fsp3) is 1.00. The Morgan fingerprint density at radius 2 is 1.41 bits per heavy atom. The molecular weight excluding hydrogens is 204 g/mol. The Bertz CT molecular complexity index is 180. The van der Waals surface area contributed by atoms with Crippen molar-refractivity contribution in [2.45, 2.75) is 87.0 Å². The van der Waals surface area contributed by atoms with E-state index in [0.717, 1.165) is 17.8 Å². The molecule has 0 aromatic heterocycles. The predicted molar refractivity (Wildman–Crippen MR) is 80.3 cm³/mol. The Labute approximate surface area is 111 Å². The van der Waals surface area contributed by atoms with Crippen molar-refractivity contribution in [1.82, 2.24) is 0 Å². The monoisotopic (exact) mass is 240 g/mol. The van der Waals surface area contributed by atoms with Gasteiger partial charge in [0.1, 0.15) is 0 Å². The fourth-order valence-electron chi connectivity index (χ4n) is 3.51. The van der Waals surface area contributed by atoms with Crippen molar-refractivity contribution in [2.24, 2.45) is 23.2 Å². The molecule has 3 atom stereocenters. The van der Waals surface area contributed by atoms with Crippen LogP contribution in [0.15, 0.2) is 0 Å². The summed E-state index contributed by atoms with van der Waals surface area (Å²) in [5, 5.41) is 0. The maximum Gasteiger partial charge on any atom is -0.0326 e. The third-order valence-corrected chi connectivity index (χ3v) is 4.98. The molecule has 0 aromatic carbocycles. The van der Waals surface area contributed by atoms with Gasteiger partial charge in [0.2, 0.25) is 0 Å². The Morgan fingerprint density at radius 1 is 0.882 bits per heavy atom. The zero-order valence-corrected chi connectivity index (χ0v) is 13.5. The molecule has 0 heteroatoms.